The van der Waals surface area contributed by atoms with E-state index in [1.54, 1.807) is 19.0 Å². The number of likely N-dealkylation sites (tertiary alicyclic amines) is 1. The van der Waals surface area contributed by atoms with Crippen molar-refractivity contribution in [2.24, 2.45) is 5.92 Å². The molecule has 138 valence electrons. The molecule has 1 amide bonds. The molecule has 0 aromatic heterocycles. The lowest BCUT2D eigenvalue weighted by Gasteiger charge is -2.43. The lowest BCUT2D eigenvalue weighted by atomic mass is 9.79. The molecule has 2 fully saturated rings. The summed E-state index contributed by atoms with van der Waals surface area (Å²) in [6, 6.07) is 8.23. The van der Waals surface area contributed by atoms with E-state index in [1.807, 2.05) is 25.1 Å². The Balaban J connectivity index is 1.74. The average molecular weight is 346 g/mol. The smallest absolute Gasteiger partial charge is 0.253 e. The highest BCUT2D eigenvalue weighted by Crippen LogP contribution is 2.36. The van der Waals surface area contributed by atoms with Gasteiger partial charge in [-0.25, -0.2) is 0 Å². The molecule has 25 heavy (non-hydrogen) atoms. The fourth-order valence-corrected chi connectivity index (χ4v) is 4.18. The van der Waals surface area contributed by atoms with Gasteiger partial charge in [0.2, 0.25) is 0 Å². The van der Waals surface area contributed by atoms with E-state index < -0.39 is 5.60 Å². The Labute approximate surface area is 150 Å². The predicted molar refractivity (Wildman–Crippen MR) is 97.4 cm³/mol. The maximum Gasteiger partial charge on any atom is 0.253 e. The van der Waals surface area contributed by atoms with Gasteiger partial charge in [-0.1, -0.05) is 12.1 Å². The summed E-state index contributed by atoms with van der Waals surface area (Å²) in [5.41, 5.74) is 1.22. The number of rotatable bonds is 4. The van der Waals surface area contributed by atoms with E-state index in [0.717, 1.165) is 37.1 Å². The van der Waals surface area contributed by atoms with Crippen molar-refractivity contribution in [2.75, 3.05) is 33.9 Å². The van der Waals surface area contributed by atoms with E-state index in [2.05, 4.69) is 11.0 Å². The highest BCUT2D eigenvalue weighted by molar-refractivity contribution is 5.94. The second-order valence-corrected chi connectivity index (χ2v) is 7.87. The number of amides is 1. The van der Waals surface area contributed by atoms with Crippen molar-refractivity contribution >= 4 is 5.91 Å². The van der Waals surface area contributed by atoms with Crippen LogP contribution in [0.25, 0.3) is 0 Å². The SMILES string of the molecule is CN(C)C(=O)c1cccc(CN2CCC[C@@H]2[C@@H]2COCC[C@@]2(C)O)c1. The van der Waals surface area contributed by atoms with Crippen LogP contribution in [0.2, 0.25) is 0 Å². The van der Waals surface area contributed by atoms with Crippen molar-refractivity contribution in [3.63, 3.8) is 0 Å². The molecule has 0 bridgehead atoms. The Hall–Kier alpha value is -1.43. The minimum absolute atomic E-state index is 0.0310. The Morgan fingerprint density at radius 2 is 2.24 bits per heavy atom. The van der Waals surface area contributed by atoms with Gasteiger partial charge in [-0.05, 0) is 50.4 Å². The molecular formula is C20H30N2O3. The Morgan fingerprint density at radius 1 is 1.44 bits per heavy atom. The van der Waals surface area contributed by atoms with Gasteiger partial charge >= 0.3 is 0 Å². The van der Waals surface area contributed by atoms with Gasteiger partial charge in [0.15, 0.2) is 0 Å². The van der Waals surface area contributed by atoms with Gasteiger partial charge in [0.05, 0.1) is 12.2 Å². The van der Waals surface area contributed by atoms with Crippen LogP contribution in [0.3, 0.4) is 0 Å². The first kappa shape index (κ1) is 18.4. The predicted octanol–water partition coefficient (Wildman–Crippen LogP) is 2.14. The summed E-state index contributed by atoms with van der Waals surface area (Å²) in [7, 11) is 3.55. The summed E-state index contributed by atoms with van der Waals surface area (Å²) in [5, 5.41) is 10.8. The van der Waals surface area contributed by atoms with Crippen molar-refractivity contribution in [3.8, 4) is 0 Å². The Bertz CT molecular complexity index is 615. The summed E-state index contributed by atoms with van der Waals surface area (Å²) in [4.78, 5) is 16.3. The minimum Gasteiger partial charge on any atom is -0.390 e. The van der Waals surface area contributed by atoms with Gasteiger partial charge in [-0.3, -0.25) is 9.69 Å². The number of hydrogen-bond acceptors (Lipinski definition) is 4. The van der Waals surface area contributed by atoms with Crippen LogP contribution in [0.15, 0.2) is 24.3 Å². The first-order valence-corrected chi connectivity index (χ1v) is 9.23. The highest BCUT2D eigenvalue weighted by atomic mass is 16.5. The molecule has 0 saturated carbocycles. The molecule has 1 aromatic carbocycles. The topological polar surface area (TPSA) is 53.0 Å². The van der Waals surface area contributed by atoms with E-state index in [1.165, 1.54) is 0 Å². The summed E-state index contributed by atoms with van der Waals surface area (Å²) < 4.78 is 5.67. The van der Waals surface area contributed by atoms with E-state index in [0.29, 0.717) is 25.7 Å². The fourth-order valence-electron chi connectivity index (χ4n) is 4.18. The standard InChI is InChI=1S/C20H30N2O3/c1-20(24)9-11-25-14-17(20)18-8-5-10-22(18)13-15-6-4-7-16(12-15)19(23)21(2)3/h4,6-7,12,17-18,24H,5,8-11,13-14H2,1-3H3/t17-,18+,20+/m0/s1. The van der Waals surface area contributed by atoms with Crippen molar-refractivity contribution in [1.29, 1.82) is 0 Å². The van der Waals surface area contributed by atoms with Crippen LogP contribution in [0, 0.1) is 5.92 Å². The molecule has 2 saturated heterocycles. The molecule has 0 spiro atoms. The lowest BCUT2D eigenvalue weighted by molar-refractivity contribution is -0.123. The van der Waals surface area contributed by atoms with Gasteiger partial charge in [0.25, 0.3) is 5.91 Å². The summed E-state index contributed by atoms with van der Waals surface area (Å²) in [6.07, 6.45) is 2.95. The van der Waals surface area contributed by atoms with Crippen LogP contribution >= 0.6 is 0 Å². The average Bonchev–Trinajstić information content (AvgIpc) is 3.01. The van der Waals surface area contributed by atoms with Gasteiger partial charge in [0.1, 0.15) is 0 Å². The molecule has 1 aromatic rings. The zero-order chi connectivity index (χ0) is 18.0. The normalized spacial score (nSPS) is 30.4. The van der Waals surface area contributed by atoms with Crippen molar-refractivity contribution < 1.29 is 14.6 Å². The summed E-state index contributed by atoms with van der Waals surface area (Å²) in [5.74, 6) is 0.179. The van der Waals surface area contributed by atoms with Crippen LogP contribution in [0.5, 0.6) is 0 Å². The van der Waals surface area contributed by atoms with E-state index in [9.17, 15) is 9.90 Å². The van der Waals surface area contributed by atoms with Crippen molar-refractivity contribution in [2.45, 2.75) is 44.4 Å². The summed E-state index contributed by atoms with van der Waals surface area (Å²) in [6.45, 7) is 5.07. The van der Waals surface area contributed by atoms with E-state index in [4.69, 9.17) is 4.74 Å². The molecular weight excluding hydrogens is 316 g/mol. The third-order valence-electron chi connectivity index (χ3n) is 5.69. The number of ether oxygens (including phenoxy) is 1. The maximum absolute atomic E-state index is 12.2. The maximum atomic E-state index is 12.2. The van der Waals surface area contributed by atoms with Crippen LogP contribution < -0.4 is 0 Å². The van der Waals surface area contributed by atoms with Crippen LogP contribution in [0.4, 0.5) is 0 Å². The molecule has 2 heterocycles. The van der Waals surface area contributed by atoms with E-state index in [-0.39, 0.29) is 11.8 Å². The molecule has 0 radical (unpaired) electrons. The van der Waals surface area contributed by atoms with Crippen molar-refractivity contribution in [3.05, 3.63) is 35.4 Å². The van der Waals surface area contributed by atoms with Gasteiger partial charge in [-0.15, -0.1) is 0 Å². The quantitative estimate of drug-likeness (QED) is 0.908. The first-order chi connectivity index (χ1) is 11.9. The number of nitrogens with zero attached hydrogens (tertiary/aromatic N) is 2. The number of benzene rings is 1. The minimum atomic E-state index is -0.658. The molecule has 1 N–H and O–H groups in total. The number of aliphatic hydroxyl groups is 1. The first-order valence-electron chi connectivity index (χ1n) is 9.23. The molecule has 0 unspecified atom stereocenters. The largest absolute Gasteiger partial charge is 0.390 e. The van der Waals surface area contributed by atoms with Gasteiger partial charge in [0, 0.05) is 44.8 Å². The zero-order valence-electron chi connectivity index (χ0n) is 15.6. The summed E-state index contributed by atoms with van der Waals surface area (Å²) >= 11 is 0. The van der Waals surface area contributed by atoms with Crippen LogP contribution in [-0.2, 0) is 11.3 Å². The van der Waals surface area contributed by atoms with E-state index >= 15 is 0 Å². The van der Waals surface area contributed by atoms with Crippen molar-refractivity contribution in [1.82, 2.24) is 9.80 Å². The van der Waals surface area contributed by atoms with Crippen LogP contribution in [-0.4, -0.2) is 66.3 Å². The van der Waals surface area contributed by atoms with Gasteiger partial charge < -0.3 is 14.7 Å². The molecule has 0 aliphatic carbocycles. The Morgan fingerprint density at radius 3 is 2.96 bits per heavy atom. The zero-order valence-corrected chi connectivity index (χ0v) is 15.6. The lowest BCUT2D eigenvalue weighted by Crippen LogP contribution is -2.52. The van der Waals surface area contributed by atoms with Gasteiger partial charge in [-0.2, -0.15) is 0 Å². The Kier molecular flexibility index (Phi) is 5.46. The third-order valence-corrected chi connectivity index (χ3v) is 5.69. The second-order valence-electron chi connectivity index (χ2n) is 7.87. The molecule has 5 nitrogen and oxygen atoms in total. The molecule has 5 heteroatoms. The third kappa shape index (κ3) is 4.05. The fraction of sp³-hybridized carbons (Fsp3) is 0.650. The monoisotopic (exact) mass is 346 g/mol. The molecule has 2 aliphatic rings. The molecule has 3 atom stereocenters. The number of carbonyl (C=O) groups is 1. The molecule has 3 rings (SSSR count). The molecule has 2 aliphatic heterocycles. The number of carbonyl (C=O) groups excluding carboxylic acids is 1. The highest BCUT2D eigenvalue weighted by Gasteiger charge is 2.43. The van der Waals surface area contributed by atoms with Crippen LogP contribution in [0.1, 0.15) is 42.1 Å². The second kappa shape index (κ2) is 7.44. The number of hydrogen-bond donors (Lipinski definition) is 1.